The summed E-state index contributed by atoms with van der Waals surface area (Å²) in [4.78, 5) is 4.47. The van der Waals surface area contributed by atoms with Crippen LogP contribution in [-0.2, 0) is 6.42 Å². The number of ether oxygens (including phenoxy) is 1. The third-order valence-electron chi connectivity index (χ3n) is 3.09. The van der Waals surface area contributed by atoms with Gasteiger partial charge in [-0.3, -0.25) is 4.99 Å². The lowest BCUT2D eigenvalue weighted by Gasteiger charge is -2.08. The molecule has 0 saturated carbocycles. The fourth-order valence-electron chi connectivity index (χ4n) is 2.08. The van der Waals surface area contributed by atoms with Crippen LogP contribution in [0.25, 0.3) is 0 Å². The molecule has 0 amide bonds. The number of amidine groups is 1. The molecule has 2 atom stereocenters. The second-order valence-electron chi connectivity index (χ2n) is 4.40. The van der Waals surface area contributed by atoms with Crippen LogP contribution in [-0.4, -0.2) is 19.0 Å². The van der Waals surface area contributed by atoms with E-state index in [4.69, 9.17) is 10.5 Å². The van der Waals surface area contributed by atoms with Gasteiger partial charge < -0.3 is 10.5 Å². The monoisotopic (exact) mass is 218 g/mol. The van der Waals surface area contributed by atoms with Crippen molar-refractivity contribution in [3.05, 3.63) is 29.8 Å². The van der Waals surface area contributed by atoms with E-state index in [1.807, 2.05) is 12.1 Å². The maximum Gasteiger partial charge on any atom is 0.118 e. The van der Waals surface area contributed by atoms with E-state index in [0.717, 1.165) is 24.4 Å². The molecule has 0 aromatic heterocycles. The van der Waals surface area contributed by atoms with Gasteiger partial charge in [0.2, 0.25) is 0 Å². The summed E-state index contributed by atoms with van der Waals surface area (Å²) in [7, 11) is 1.68. The summed E-state index contributed by atoms with van der Waals surface area (Å²) in [5.74, 6) is 2.13. The Morgan fingerprint density at radius 3 is 2.56 bits per heavy atom. The molecule has 2 N–H and O–H groups in total. The number of rotatable bonds is 3. The van der Waals surface area contributed by atoms with Gasteiger partial charge in [0.15, 0.2) is 0 Å². The summed E-state index contributed by atoms with van der Waals surface area (Å²) in [5.41, 5.74) is 7.09. The number of hydrogen-bond acceptors (Lipinski definition) is 3. The number of aliphatic imine (C=N–C) groups is 1. The summed E-state index contributed by atoms with van der Waals surface area (Å²) in [6.45, 7) is 2.13. The molecule has 0 unspecified atom stereocenters. The van der Waals surface area contributed by atoms with Crippen molar-refractivity contribution in [1.82, 2.24) is 0 Å². The van der Waals surface area contributed by atoms with Crippen molar-refractivity contribution in [2.24, 2.45) is 16.6 Å². The van der Waals surface area contributed by atoms with E-state index in [2.05, 4.69) is 24.0 Å². The van der Waals surface area contributed by atoms with Gasteiger partial charge in [-0.05, 0) is 30.5 Å². The Kier molecular flexibility index (Phi) is 3.13. The van der Waals surface area contributed by atoms with E-state index in [1.165, 1.54) is 5.56 Å². The maximum absolute atomic E-state index is 5.80. The van der Waals surface area contributed by atoms with Crippen molar-refractivity contribution in [1.29, 1.82) is 0 Å². The smallest absolute Gasteiger partial charge is 0.118 e. The molecule has 0 bridgehead atoms. The molecule has 1 aliphatic heterocycles. The topological polar surface area (TPSA) is 47.6 Å². The lowest BCUT2D eigenvalue weighted by Crippen LogP contribution is -2.15. The number of hydrogen-bond donors (Lipinski definition) is 1. The molecule has 0 saturated heterocycles. The standard InChI is InChI=1S/C13H18N2O/c1-9-7-11(15-13(9)14)8-10-3-5-12(16-2)6-4-10/h3-6,9,11H,7-8H2,1-2H3,(H2,14,15)/t9-,11-/m0/s1. The summed E-state index contributed by atoms with van der Waals surface area (Å²) in [6.07, 6.45) is 2.03. The van der Waals surface area contributed by atoms with Crippen LogP contribution >= 0.6 is 0 Å². The molecule has 0 spiro atoms. The first-order valence-electron chi connectivity index (χ1n) is 5.65. The van der Waals surface area contributed by atoms with E-state index < -0.39 is 0 Å². The van der Waals surface area contributed by atoms with E-state index >= 15 is 0 Å². The summed E-state index contributed by atoms with van der Waals surface area (Å²) in [5, 5.41) is 0. The Morgan fingerprint density at radius 1 is 1.38 bits per heavy atom. The van der Waals surface area contributed by atoms with Crippen LogP contribution in [0.2, 0.25) is 0 Å². The second-order valence-corrected chi connectivity index (χ2v) is 4.40. The minimum Gasteiger partial charge on any atom is -0.497 e. The van der Waals surface area contributed by atoms with E-state index in [-0.39, 0.29) is 0 Å². The molecule has 3 heteroatoms. The highest BCUT2D eigenvalue weighted by molar-refractivity contribution is 5.84. The molecule has 0 fully saturated rings. The maximum atomic E-state index is 5.80. The fourth-order valence-corrected chi connectivity index (χ4v) is 2.08. The van der Waals surface area contributed by atoms with Gasteiger partial charge in [0.05, 0.1) is 19.0 Å². The highest BCUT2D eigenvalue weighted by Crippen LogP contribution is 2.22. The first-order chi connectivity index (χ1) is 7.69. The zero-order valence-corrected chi connectivity index (χ0v) is 9.81. The molecule has 3 nitrogen and oxygen atoms in total. The van der Waals surface area contributed by atoms with Gasteiger partial charge in [0, 0.05) is 5.92 Å². The molecular formula is C13H18N2O. The molecule has 0 radical (unpaired) electrons. The molecule has 1 aromatic carbocycles. The molecule has 1 heterocycles. The van der Waals surface area contributed by atoms with E-state index in [9.17, 15) is 0 Å². The Bertz CT molecular complexity index is 383. The van der Waals surface area contributed by atoms with Crippen LogP contribution < -0.4 is 10.5 Å². The Morgan fingerprint density at radius 2 is 2.06 bits per heavy atom. The van der Waals surface area contributed by atoms with Crippen LogP contribution in [0.3, 0.4) is 0 Å². The molecule has 0 aliphatic carbocycles. The highest BCUT2D eigenvalue weighted by atomic mass is 16.5. The third-order valence-corrected chi connectivity index (χ3v) is 3.09. The normalized spacial score (nSPS) is 24.2. The Hall–Kier alpha value is -1.51. The SMILES string of the molecule is COc1ccc(C[C@@H]2C[C@H](C)C(N)=N2)cc1. The predicted octanol–water partition coefficient (Wildman–Crippen LogP) is 2.00. The van der Waals surface area contributed by atoms with E-state index in [0.29, 0.717) is 12.0 Å². The molecule has 16 heavy (non-hydrogen) atoms. The number of methoxy groups -OCH3 is 1. The highest BCUT2D eigenvalue weighted by Gasteiger charge is 2.22. The summed E-state index contributed by atoms with van der Waals surface area (Å²) >= 11 is 0. The van der Waals surface area contributed by atoms with Crippen LogP contribution in [0.5, 0.6) is 5.75 Å². The Balaban J connectivity index is 1.99. The number of benzene rings is 1. The number of nitrogens with two attached hydrogens (primary N) is 1. The molecule has 86 valence electrons. The average Bonchev–Trinajstić information content (AvgIpc) is 2.59. The quantitative estimate of drug-likeness (QED) is 0.843. The van der Waals surface area contributed by atoms with Gasteiger partial charge >= 0.3 is 0 Å². The lowest BCUT2D eigenvalue weighted by molar-refractivity contribution is 0.414. The minimum atomic E-state index is 0.350. The fraction of sp³-hybridized carbons (Fsp3) is 0.462. The van der Waals surface area contributed by atoms with Gasteiger partial charge in [-0.1, -0.05) is 19.1 Å². The lowest BCUT2D eigenvalue weighted by atomic mass is 10.00. The zero-order valence-electron chi connectivity index (χ0n) is 9.81. The van der Waals surface area contributed by atoms with Gasteiger partial charge in [-0.25, -0.2) is 0 Å². The Labute approximate surface area is 96.3 Å². The number of nitrogens with zero attached hydrogens (tertiary/aromatic N) is 1. The zero-order chi connectivity index (χ0) is 11.5. The van der Waals surface area contributed by atoms with Gasteiger partial charge in [-0.15, -0.1) is 0 Å². The largest absolute Gasteiger partial charge is 0.497 e. The molecular weight excluding hydrogens is 200 g/mol. The molecule has 1 aromatic rings. The van der Waals surface area contributed by atoms with Gasteiger partial charge in [0.25, 0.3) is 0 Å². The van der Waals surface area contributed by atoms with Crippen molar-refractivity contribution in [3.63, 3.8) is 0 Å². The van der Waals surface area contributed by atoms with Crippen LogP contribution in [0, 0.1) is 5.92 Å². The van der Waals surface area contributed by atoms with E-state index in [1.54, 1.807) is 7.11 Å². The van der Waals surface area contributed by atoms with Gasteiger partial charge in [-0.2, -0.15) is 0 Å². The van der Waals surface area contributed by atoms with Gasteiger partial charge in [0.1, 0.15) is 5.75 Å². The molecule has 1 aliphatic rings. The van der Waals surface area contributed by atoms with Crippen molar-refractivity contribution in [2.45, 2.75) is 25.8 Å². The minimum absolute atomic E-state index is 0.350. The first kappa shape index (κ1) is 11.0. The van der Waals surface area contributed by atoms with Crippen molar-refractivity contribution < 1.29 is 4.74 Å². The van der Waals surface area contributed by atoms with Crippen molar-refractivity contribution in [2.75, 3.05) is 7.11 Å². The predicted molar refractivity (Wildman–Crippen MR) is 65.9 cm³/mol. The second kappa shape index (κ2) is 4.56. The van der Waals surface area contributed by atoms with Crippen molar-refractivity contribution in [3.8, 4) is 5.75 Å². The van der Waals surface area contributed by atoms with Crippen molar-refractivity contribution >= 4 is 5.84 Å². The average molecular weight is 218 g/mol. The van der Waals surface area contributed by atoms with Crippen LogP contribution in [0.15, 0.2) is 29.3 Å². The van der Waals surface area contributed by atoms with Crippen LogP contribution in [0.4, 0.5) is 0 Å². The summed E-state index contributed by atoms with van der Waals surface area (Å²) < 4.78 is 5.13. The van der Waals surface area contributed by atoms with Crippen LogP contribution in [0.1, 0.15) is 18.9 Å². The molecule has 2 rings (SSSR count). The summed E-state index contributed by atoms with van der Waals surface area (Å²) in [6, 6.07) is 8.51. The third kappa shape index (κ3) is 2.35. The first-order valence-corrected chi connectivity index (χ1v) is 5.65.